The average molecular weight is 253 g/mol. The van der Waals surface area contributed by atoms with Crippen LogP contribution >= 0.6 is 0 Å². The number of halogens is 1. The lowest BCUT2D eigenvalue weighted by molar-refractivity contribution is 0.211. The van der Waals surface area contributed by atoms with Crippen LogP contribution in [0.5, 0.6) is 5.75 Å². The maximum Gasteiger partial charge on any atom is 0.165 e. The zero-order valence-corrected chi connectivity index (χ0v) is 11.8. The molecule has 1 rings (SSSR count). The summed E-state index contributed by atoms with van der Waals surface area (Å²) in [5.74, 6) is 0.357. The zero-order chi connectivity index (χ0) is 13.7. The number of rotatable bonds is 6. The van der Waals surface area contributed by atoms with Crippen LogP contribution in [0.3, 0.4) is 0 Å². The summed E-state index contributed by atoms with van der Waals surface area (Å²) in [7, 11) is 0. The molecule has 0 unspecified atom stereocenters. The van der Waals surface area contributed by atoms with E-state index in [2.05, 4.69) is 32.6 Å². The summed E-state index contributed by atoms with van der Waals surface area (Å²) in [6, 6.07) is 4.63. The largest absolute Gasteiger partial charge is 0.505 e. The molecule has 0 saturated carbocycles. The lowest BCUT2D eigenvalue weighted by Crippen LogP contribution is -2.30. The van der Waals surface area contributed by atoms with Gasteiger partial charge in [-0.2, -0.15) is 0 Å². The SMILES string of the molecule is CC(C)CN(Cc1ccc(O)c(F)c1)CC(C)C. The van der Waals surface area contributed by atoms with Crippen molar-refractivity contribution in [2.75, 3.05) is 13.1 Å². The maximum atomic E-state index is 13.3. The van der Waals surface area contributed by atoms with Crippen LogP contribution in [-0.4, -0.2) is 23.1 Å². The van der Waals surface area contributed by atoms with Crippen molar-refractivity contribution in [3.8, 4) is 5.75 Å². The Morgan fingerprint density at radius 2 is 1.67 bits per heavy atom. The Balaban J connectivity index is 2.71. The normalized spacial score (nSPS) is 11.8. The highest BCUT2D eigenvalue weighted by Gasteiger charge is 2.11. The van der Waals surface area contributed by atoms with Crippen molar-refractivity contribution < 1.29 is 9.50 Å². The molecule has 0 aliphatic carbocycles. The molecule has 0 spiro atoms. The minimum atomic E-state index is -0.540. The maximum absolute atomic E-state index is 13.3. The Labute approximate surface area is 109 Å². The molecule has 2 nitrogen and oxygen atoms in total. The first kappa shape index (κ1) is 15.0. The molecule has 0 aromatic heterocycles. The number of phenols is 1. The highest BCUT2D eigenvalue weighted by Crippen LogP contribution is 2.18. The predicted octanol–water partition coefficient (Wildman–Crippen LogP) is 3.65. The average Bonchev–Trinajstić information content (AvgIpc) is 2.21. The van der Waals surface area contributed by atoms with Crippen molar-refractivity contribution in [1.29, 1.82) is 0 Å². The molecule has 3 heteroatoms. The quantitative estimate of drug-likeness (QED) is 0.836. The van der Waals surface area contributed by atoms with Gasteiger partial charge in [-0.1, -0.05) is 33.8 Å². The second kappa shape index (κ2) is 6.74. The van der Waals surface area contributed by atoms with E-state index in [0.29, 0.717) is 11.8 Å². The van der Waals surface area contributed by atoms with E-state index >= 15 is 0 Å². The molecule has 102 valence electrons. The van der Waals surface area contributed by atoms with Crippen LogP contribution in [0.2, 0.25) is 0 Å². The van der Waals surface area contributed by atoms with E-state index in [0.717, 1.165) is 25.2 Å². The fourth-order valence-electron chi connectivity index (χ4n) is 2.14. The first-order valence-electron chi connectivity index (χ1n) is 6.58. The number of hydrogen-bond donors (Lipinski definition) is 1. The number of nitrogens with zero attached hydrogens (tertiary/aromatic N) is 1. The van der Waals surface area contributed by atoms with E-state index in [1.54, 1.807) is 6.07 Å². The number of phenolic OH excluding ortho intramolecular Hbond substituents is 1. The lowest BCUT2D eigenvalue weighted by atomic mass is 10.1. The summed E-state index contributed by atoms with van der Waals surface area (Å²) in [4.78, 5) is 2.33. The smallest absolute Gasteiger partial charge is 0.165 e. The van der Waals surface area contributed by atoms with Gasteiger partial charge in [-0.05, 0) is 29.5 Å². The highest BCUT2D eigenvalue weighted by atomic mass is 19.1. The Hall–Kier alpha value is -1.09. The minimum absolute atomic E-state index is 0.280. The fourth-order valence-corrected chi connectivity index (χ4v) is 2.14. The summed E-state index contributed by atoms with van der Waals surface area (Å²) in [6.45, 7) is 11.5. The van der Waals surface area contributed by atoms with Crippen LogP contribution in [0.1, 0.15) is 33.3 Å². The van der Waals surface area contributed by atoms with Gasteiger partial charge in [-0.25, -0.2) is 4.39 Å². The van der Waals surface area contributed by atoms with Gasteiger partial charge in [0.05, 0.1) is 0 Å². The second-order valence-corrected chi connectivity index (χ2v) is 5.77. The monoisotopic (exact) mass is 253 g/mol. The lowest BCUT2D eigenvalue weighted by Gasteiger charge is -2.26. The Morgan fingerprint density at radius 3 is 2.11 bits per heavy atom. The van der Waals surface area contributed by atoms with Crippen molar-refractivity contribution in [1.82, 2.24) is 4.90 Å². The molecule has 0 heterocycles. The Morgan fingerprint density at radius 1 is 1.11 bits per heavy atom. The number of benzene rings is 1. The van der Waals surface area contributed by atoms with Crippen LogP contribution in [0, 0.1) is 17.7 Å². The van der Waals surface area contributed by atoms with Crippen molar-refractivity contribution >= 4 is 0 Å². The van der Waals surface area contributed by atoms with Gasteiger partial charge in [-0.15, -0.1) is 0 Å². The third-order valence-corrected chi connectivity index (χ3v) is 2.66. The van der Waals surface area contributed by atoms with E-state index in [-0.39, 0.29) is 5.75 Å². The van der Waals surface area contributed by atoms with Gasteiger partial charge in [0.2, 0.25) is 0 Å². The van der Waals surface area contributed by atoms with E-state index in [4.69, 9.17) is 0 Å². The Bertz CT molecular complexity index is 367. The molecular weight excluding hydrogens is 229 g/mol. The molecule has 18 heavy (non-hydrogen) atoms. The Kier molecular flexibility index (Phi) is 5.60. The molecule has 0 amide bonds. The van der Waals surface area contributed by atoms with Crippen LogP contribution in [0.4, 0.5) is 4.39 Å². The molecule has 1 aromatic carbocycles. The predicted molar refractivity (Wildman–Crippen MR) is 73.0 cm³/mol. The van der Waals surface area contributed by atoms with Gasteiger partial charge >= 0.3 is 0 Å². The van der Waals surface area contributed by atoms with Gasteiger partial charge in [0.1, 0.15) is 0 Å². The number of hydrogen-bond acceptors (Lipinski definition) is 2. The summed E-state index contributed by atoms with van der Waals surface area (Å²) in [5.41, 5.74) is 0.909. The van der Waals surface area contributed by atoms with Gasteiger partial charge in [-0.3, -0.25) is 4.90 Å². The van der Waals surface area contributed by atoms with Gasteiger partial charge < -0.3 is 5.11 Å². The van der Waals surface area contributed by atoms with Crippen molar-refractivity contribution in [3.63, 3.8) is 0 Å². The third-order valence-electron chi connectivity index (χ3n) is 2.66. The summed E-state index contributed by atoms with van der Waals surface area (Å²) in [6.07, 6.45) is 0. The summed E-state index contributed by atoms with van der Waals surface area (Å²) >= 11 is 0. The van der Waals surface area contributed by atoms with Crippen LogP contribution < -0.4 is 0 Å². The van der Waals surface area contributed by atoms with Gasteiger partial charge in [0, 0.05) is 19.6 Å². The zero-order valence-electron chi connectivity index (χ0n) is 11.8. The molecule has 0 saturated heterocycles. The molecule has 0 aliphatic heterocycles. The van der Waals surface area contributed by atoms with E-state index in [1.165, 1.54) is 12.1 Å². The highest BCUT2D eigenvalue weighted by molar-refractivity contribution is 5.27. The molecule has 1 aromatic rings. The van der Waals surface area contributed by atoms with Gasteiger partial charge in [0.25, 0.3) is 0 Å². The van der Waals surface area contributed by atoms with Crippen molar-refractivity contribution in [3.05, 3.63) is 29.6 Å². The third kappa shape index (κ3) is 5.05. The standard InChI is InChI=1S/C15H24FNO/c1-11(2)8-17(9-12(3)4)10-13-5-6-15(18)14(16)7-13/h5-7,11-12,18H,8-10H2,1-4H3. The fraction of sp³-hybridized carbons (Fsp3) is 0.600. The van der Waals surface area contributed by atoms with Crippen molar-refractivity contribution in [2.45, 2.75) is 34.2 Å². The molecule has 0 atom stereocenters. The van der Waals surface area contributed by atoms with Gasteiger partial charge in [0.15, 0.2) is 11.6 Å². The molecule has 0 fully saturated rings. The van der Waals surface area contributed by atoms with Crippen LogP contribution in [-0.2, 0) is 6.54 Å². The summed E-state index contributed by atoms with van der Waals surface area (Å²) in [5, 5.41) is 9.18. The molecular formula is C15H24FNO. The van der Waals surface area contributed by atoms with Crippen molar-refractivity contribution in [2.24, 2.45) is 11.8 Å². The van der Waals surface area contributed by atoms with Crippen LogP contribution in [0.15, 0.2) is 18.2 Å². The van der Waals surface area contributed by atoms with Crippen LogP contribution in [0.25, 0.3) is 0 Å². The molecule has 0 radical (unpaired) electrons. The molecule has 1 N–H and O–H groups in total. The minimum Gasteiger partial charge on any atom is -0.505 e. The van der Waals surface area contributed by atoms with E-state index in [9.17, 15) is 9.50 Å². The second-order valence-electron chi connectivity index (χ2n) is 5.77. The van der Waals surface area contributed by atoms with E-state index < -0.39 is 5.82 Å². The number of aromatic hydroxyl groups is 1. The first-order valence-corrected chi connectivity index (χ1v) is 6.58. The summed E-state index contributed by atoms with van der Waals surface area (Å²) < 4.78 is 13.3. The molecule has 0 aliphatic rings. The first-order chi connectivity index (χ1) is 8.38. The molecule has 0 bridgehead atoms. The topological polar surface area (TPSA) is 23.5 Å². The van der Waals surface area contributed by atoms with E-state index in [1.807, 2.05) is 0 Å².